The van der Waals surface area contributed by atoms with Crippen molar-refractivity contribution in [2.75, 3.05) is 0 Å². The maximum Gasteiger partial charge on any atom is 0.427 e. The smallest absolute Gasteiger partial charge is 0.426 e. The molecule has 0 aliphatic heterocycles. The fourth-order valence-corrected chi connectivity index (χ4v) is 4.85. The van der Waals surface area contributed by atoms with Crippen LogP contribution < -0.4 is 4.74 Å². The molecule has 1 aliphatic carbocycles. The third-order valence-corrected chi connectivity index (χ3v) is 6.66. The van der Waals surface area contributed by atoms with Gasteiger partial charge in [0.15, 0.2) is 29.0 Å². The van der Waals surface area contributed by atoms with Gasteiger partial charge in [-0.25, -0.2) is 22.0 Å². The quantitative estimate of drug-likeness (QED) is 0.242. The van der Waals surface area contributed by atoms with Crippen LogP contribution in [0.15, 0.2) is 30.3 Å². The Balaban J connectivity index is 1.67. The zero-order valence-corrected chi connectivity index (χ0v) is 18.7. The normalized spacial score (nSPS) is 18.8. The molecule has 0 bridgehead atoms. The molecule has 3 aromatic rings. The maximum absolute atomic E-state index is 15.3. The Kier molecular flexibility index (Phi) is 6.97. The Labute approximate surface area is 196 Å². The summed E-state index contributed by atoms with van der Waals surface area (Å²) in [5.74, 6) is -11.3. The Bertz CT molecular complexity index is 1230. The highest BCUT2D eigenvalue weighted by Crippen LogP contribution is 2.42. The Morgan fingerprint density at radius 2 is 1.43 bits per heavy atom. The minimum absolute atomic E-state index is 0.0189. The van der Waals surface area contributed by atoms with Gasteiger partial charge in [-0.05, 0) is 66.7 Å². The van der Waals surface area contributed by atoms with Crippen molar-refractivity contribution < 1.29 is 39.9 Å². The summed E-state index contributed by atoms with van der Waals surface area (Å²) >= 11 is 0. The van der Waals surface area contributed by atoms with Gasteiger partial charge >= 0.3 is 6.11 Å². The standard InChI is InChI=1S/C26H22F8O/c1-2-3-13-4-6-14(7-5-13)17-9-8-15-10-20(24(31)25(32)21(15)22(17)29)35-26(33,34)16-11-18(27)23(30)19(28)12-16/h8-14H,2-7H2,1H3. The molecule has 1 fully saturated rings. The van der Waals surface area contributed by atoms with Crippen LogP contribution in [0.25, 0.3) is 10.8 Å². The first-order chi connectivity index (χ1) is 16.5. The highest BCUT2D eigenvalue weighted by molar-refractivity contribution is 5.86. The second-order valence-electron chi connectivity index (χ2n) is 8.95. The molecule has 0 aromatic heterocycles. The van der Waals surface area contributed by atoms with Gasteiger partial charge < -0.3 is 4.74 Å². The van der Waals surface area contributed by atoms with Crippen LogP contribution in [0.1, 0.15) is 62.5 Å². The summed E-state index contributed by atoms with van der Waals surface area (Å²) in [7, 11) is 0. The third kappa shape index (κ3) is 4.82. The molecule has 0 atom stereocenters. The van der Waals surface area contributed by atoms with Crippen LogP contribution >= 0.6 is 0 Å². The van der Waals surface area contributed by atoms with Gasteiger partial charge in [0.1, 0.15) is 5.82 Å². The van der Waals surface area contributed by atoms with Crippen LogP contribution in [0.2, 0.25) is 0 Å². The van der Waals surface area contributed by atoms with Gasteiger partial charge in [-0.1, -0.05) is 31.9 Å². The lowest BCUT2D eigenvalue weighted by atomic mass is 9.77. The average molecular weight is 502 g/mol. The average Bonchev–Trinajstić information content (AvgIpc) is 2.81. The van der Waals surface area contributed by atoms with E-state index < -0.39 is 57.7 Å². The van der Waals surface area contributed by atoms with E-state index in [-0.39, 0.29) is 29.0 Å². The molecule has 0 saturated heterocycles. The van der Waals surface area contributed by atoms with Crippen LogP contribution in [0.4, 0.5) is 35.1 Å². The third-order valence-electron chi connectivity index (χ3n) is 6.66. The molecule has 3 aromatic carbocycles. The molecule has 1 aliphatic rings. The van der Waals surface area contributed by atoms with Crippen molar-refractivity contribution >= 4 is 10.8 Å². The summed E-state index contributed by atoms with van der Waals surface area (Å²) in [4.78, 5) is 0. The lowest BCUT2D eigenvalue weighted by molar-refractivity contribution is -0.187. The fraction of sp³-hybridized carbons (Fsp3) is 0.385. The van der Waals surface area contributed by atoms with E-state index in [1.807, 2.05) is 0 Å². The van der Waals surface area contributed by atoms with E-state index in [0.29, 0.717) is 24.8 Å². The Hall–Kier alpha value is -2.84. The number of halogens is 8. The SMILES string of the molecule is CCCC1CCC(c2ccc3cc(OC(F)(F)c4cc(F)c(F)c(F)c4)c(F)c(F)c3c2F)CC1. The van der Waals surface area contributed by atoms with Crippen molar-refractivity contribution in [2.45, 2.75) is 57.5 Å². The molecule has 188 valence electrons. The van der Waals surface area contributed by atoms with Crippen LogP contribution in [-0.4, -0.2) is 0 Å². The number of benzene rings is 3. The largest absolute Gasteiger partial charge is 0.427 e. The summed E-state index contributed by atoms with van der Waals surface area (Å²) in [5.41, 5.74) is -1.21. The molecule has 0 unspecified atom stereocenters. The number of fused-ring (bicyclic) bond motifs is 1. The number of alkyl halides is 2. The molecular formula is C26H22F8O. The first-order valence-corrected chi connectivity index (χ1v) is 11.3. The summed E-state index contributed by atoms with van der Waals surface area (Å²) in [6, 6.07) is 3.36. The summed E-state index contributed by atoms with van der Waals surface area (Å²) < 4.78 is 118. The minimum atomic E-state index is -4.55. The summed E-state index contributed by atoms with van der Waals surface area (Å²) in [6.45, 7) is 2.09. The van der Waals surface area contributed by atoms with Crippen molar-refractivity contribution in [3.05, 3.63) is 76.4 Å². The fourth-order valence-electron chi connectivity index (χ4n) is 4.85. The number of ether oxygens (including phenoxy) is 1. The second kappa shape index (κ2) is 9.66. The molecular weight excluding hydrogens is 480 g/mol. The van der Waals surface area contributed by atoms with E-state index in [2.05, 4.69) is 11.7 Å². The van der Waals surface area contributed by atoms with Gasteiger partial charge in [0.2, 0.25) is 5.82 Å². The van der Waals surface area contributed by atoms with Crippen LogP contribution in [0, 0.1) is 40.8 Å². The molecule has 0 amide bonds. The van der Waals surface area contributed by atoms with E-state index in [4.69, 9.17) is 0 Å². The van der Waals surface area contributed by atoms with E-state index >= 15 is 4.39 Å². The Morgan fingerprint density at radius 1 is 0.800 bits per heavy atom. The molecule has 0 radical (unpaired) electrons. The van der Waals surface area contributed by atoms with Gasteiger partial charge in [0.25, 0.3) is 0 Å². The predicted molar refractivity (Wildman–Crippen MR) is 114 cm³/mol. The van der Waals surface area contributed by atoms with Crippen molar-refractivity contribution in [1.29, 1.82) is 0 Å². The van der Waals surface area contributed by atoms with Crippen molar-refractivity contribution in [3.63, 3.8) is 0 Å². The van der Waals surface area contributed by atoms with Gasteiger partial charge in [0.05, 0.1) is 10.9 Å². The van der Waals surface area contributed by atoms with Gasteiger partial charge in [-0.3, -0.25) is 0 Å². The maximum atomic E-state index is 15.3. The molecule has 1 nitrogen and oxygen atoms in total. The number of rotatable bonds is 6. The van der Waals surface area contributed by atoms with Crippen molar-refractivity contribution in [2.24, 2.45) is 5.92 Å². The molecule has 0 heterocycles. The number of hydrogen-bond acceptors (Lipinski definition) is 1. The zero-order valence-electron chi connectivity index (χ0n) is 18.7. The van der Waals surface area contributed by atoms with E-state index in [1.54, 1.807) is 0 Å². The first kappa shape index (κ1) is 25.3. The summed E-state index contributed by atoms with van der Waals surface area (Å²) in [5, 5.41) is -0.919. The van der Waals surface area contributed by atoms with Gasteiger partial charge in [0, 0.05) is 0 Å². The molecule has 35 heavy (non-hydrogen) atoms. The molecule has 1 saturated carbocycles. The van der Waals surface area contributed by atoms with Crippen LogP contribution in [-0.2, 0) is 6.11 Å². The summed E-state index contributed by atoms with van der Waals surface area (Å²) in [6.07, 6.45) is 0.797. The lowest BCUT2D eigenvalue weighted by Gasteiger charge is -2.29. The van der Waals surface area contributed by atoms with Crippen LogP contribution in [0.3, 0.4) is 0 Å². The minimum Gasteiger partial charge on any atom is -0.426 e. The lowest BCUT2D eigenvalue weighted by Crippen LogP contribution is -2.23. The topological polar surface area (TPSA) is 9.23 Å². The van der Waals surface area contributed by atoms with Crippen LogP contribution in [0.5, 0.6) is 5.75 Å². The van der Waals surface area contributed by atoms with E-state index in [9.17, 15) is 30.7 Å². The van der Waals surface area contributed by atoms with E-state index in [1.165, 1.54) is 12.1 Å². The van der Waals surface area contributed by atoms with Gasteiger partial charge in [-0.15, -0.1) is 0 Å². The first-order valence-electron chi connectivity index (χ1n) is 11.3. The predicted octanol–water partition coefficient (Wildman–Crippen LogP) is 8.88. The van der Waals surface area contributed by atoms with E-state index in [0.717, 1.165) is 25.7 Å². The highest BCUT2D eigenvalue weighted by atomic mass is 19.3. The zero-order chi connectivity index (χ0) is 25.5. The highest BCUT2D eigenvalue weighted by Gasteiger charge is 2.38. The van der Waals surface area contributed by atoms with Gasteiger partial charge in [-0.2, -0.15) is 13.2 Å². The van der Waals surface area contributed by atoms with Crippen molar-refractivity contribution in [3.8, 4) is 5.75 Å². The monoisotopic (exact) mass is 502 g/mol. The number of hydrogen-bond donors (Lipinski definition) is 0. The molecule has 9 heteroatoms. The Morgan fingerprint density at radius 3 is 2.03 bits per heavy atom. The molecule has 0 spiro atoms. The van der Waals surface area contributed by atoms with Crippen molar-refractivity contribution in [1.82, 2.24) is 0 Å². The second-order valence-corrected chi connectivity index (χ2v) is 8.95. The molecule has 0 N–H and O–H groups in total. The molecule has 4 rings (SSSR count).